The van der Waals surface area contributed by atoms with Crippen molar-refractivity contribution in [2.24, 2.45) is 28.6 Å². The molecule has 1 saturated heterocycles. The fourth-order valence-electron chi connectivity index (χ4n) is 8.17. The van der Waals surface area contributed by atoms with E-state index in [0.717, 1.165) is 38.5 Å². The first-order chi connectivity index (χ1) is 14.3. The van der Waals surface area contributed by atoms with E-state index in [-0.39, 0.29) is 10.8 Å². The maximum atomic E-state index is 13.0. The van der Waals surface area contributed by atoms with E-state index < -0.39 is 5.60 Å². The minimum atomic E-state index is -1.16. The highest BCUT2D eigenvalue weighted by Crippen LogP contribution is 2.67. The average Bonchev–Trinajstić information content (AvgIpc) is 3.03. The molecule has 0 radical (unpaired) electrons. The Bertz CT molecular complexity index is 879. The van der Waals surface area contributed by atoms with Gasteiger partial charge in [-0.1, -0.05) is 44.2 Å². The minimum absolute atomic E-state index is 0.139. The van der Waals surface area contributed by atoms with Crippen LogP contribution in [0.15, 0.2) is 30.3 Å². The molecule has 1 aromatic rings. The number of amides is 1. The standard InChI is InChI=1S/C26H34N2O2/c1-24-13-12-23(29)28(16-18-6-4-3-5-7-18)22(24)9-8-19-20(24)10-14-25(2)21(19)11-15-26(25,30)17-27/h3-7,19-22,30H,8-16H2,1-2H3/t19-,20-,21+,22?,24-,25+,26?/m1/s1. The zero-order valence-electron chi connectivity index (χ0n) is 18.3. The highest BCUT2D eigenvalue weighted by atomic mass is 16.3. The number of piperidine rings is 1. The van der Waals surface area contributed by atoms with Gasteiger partial charge in [-0.3, -0.25) is 4.79 Å². The Balaban J connectivity index is 1.44. The fraction of sp³-hybridized carbons (Fsp3) is 0.692. The van der Waals surface area contributed by atoms with Crippen molar-refractivity contribution in [1.29, 1.82) is 5.26 Å². The molecule has 1 amide bonds. The van der Waals surface area contributed by atoms with Gasteiger partial charge in [0.15, 0.2) is 5.60 Å². The third-order valence-corrected chi connectivity index (χ3v) is 9.93. The topological polar surface area (TPSA) is 64.3 Å². The molecular formula is C26H34N2O2. The van der Waals surface area contributed by atoms with Crippen molar-refractivity contribution in [3.63, 3.8) is 0 Å². The molecule has 4 fully saturated rings. The first-order valence-electron chi connectivity index (χ1n) is 11.8. The number of rotatable bonds is 2. The molecule has 1 aliphatic heterocycles. The molecule has 0 bridgehead atoms. The van der Waals surface area contributed by atoms with Gasteiger partial charge in [-0.05, 0) is 73.7 Å². The second kappa shape index (κ2) is 6.82. The van der Waals surface area contributed by atoms with Crippen molar-refractivity contribution in [3.05, 3.63) is 35.9 Å². The maximum absolute atomic E-state index is 13.0. The molecule has 5 rings (SSSR count). The molecule has 1 aromatic carbocycles. The number of hydrogen-bond acceptors (Lipinski definition) is 3. The van der Waals surface area contributed by atoms with Crippen LogP contribution < -0.4 is 0 Å². The predicted molar refractivity (Wildman–Crippen MR) is 115 cm³/mol. The third kappa shape index (κ3) is 2.64. The monoisotopic (exact) mass is 406 g/mol. The molecule has 4 aliphatic rings. The van der Waals surface area contributed by atoms with Crippen molar-refractivity contribution in [3.8, 4) is 6.07 Å². The summed E-state index contributed by atoms with van der Waals surface area (Å²) in [6, 6.07) is 13.0. The largest absolute Gasteiger partial charge is 0.375 e. The van der Waals surface area contributed by atoms with Crippen molar-refractivity contribution in [2.75, 3.05) is 0 Å². The van der Waals surface area contributed by atoms with Crippen molar-refractivity contribution < 1.29 is 9.90 Å². The van der Waals surface area contributed by atoms with Crippen LogP contribution in [0.25, 0.3) is 0 Å². The Morgan fingerprint density at radius 3 is 2.53 bits per heavy atom. The molecule has 0 aromatic heterocycles. The molecule has 1 N–H and O–H groups in total. The lowest BCUT2D eigenvalue weighted by Gasteiger charge is -2.62. The number of carbonyl (C=O) groups excluding carboxylic acids is 1. The number of fused-ring (bicyclic) bond motifs is 5. The molecule has 3 aliphatic carbocycles. The lowest BCUT2D eigenvalue weighted by atomic mass is 9.46. The summed E-state index contributed by atoms with van der Waals surface area (Å²) in [4.78, 5) is 15.2. The second-order valence-electron chi connectivity index (χ2n) is 10.9. The zero-order chi connectivity index (χ0) is 21.1. The second-order valence-corrected chi connectivity index (χ2v) is 10.9. The molecule has 1 heterocycles. The van der Waals surface area contributed by atoms with Crippen LogP contribution in [0.5, 0.6) is 0 Å². The van der Waals surface area contributed by atoms with E-state index in [9.17, 15) is 15.2 Å². The molecule has 160 valence electrons. The fourth-order valence-corrected chi connectivity index (χ4v) is 8.17. The Kier molecular flexibility index (Phi) is 4.56. The summed E-state index contributed by atoms with van der Waals surface area (Å²) in [6.07, 6.45) is 7.38. The molecule has 2 unspecified atom stereocenters. The first-order valence-corrected chi connectivity index (χ1v) is 11.8. The molecular weight excluding hydrogens is 372 g/mol. The van der Waals surface area contributed by atoms with Crippen molar-refractivity contribution >= 4 is 5.91 Å². The van der Waals surface area contributed by atoms with Crippen LogP contribution in [0.1, 0.15) is 70.8 Å². The SMILES string of the molecule is C[C@]12CCC(=O)N(Cc3ccccc3)C1CC[C@@H]1[C@H]2CC[C@@]2(C)[C@H]1CCC2(O)C#N. The zero-order valence-corrected chi connectivity index (χ0v) is 18.3. The third-order valence-electron chi connectivity index (χ3n) is 9.93. The van der Waals surface area contributed by atoms with E-state index in [1.807, 2.05) is 6.07 Å². The lowest BCUT2D eigenvalue weighted by Crippen LogP contribution is -2.62. The van der Waals surface area contributed by atoms with Crippen molar-refractivity contribution in [1.82, 2.24) is 4.90 Å². The highest BCUT2D eigenvalue weighted by Gasteiger charge is 2.65. The Labute approximate surface area is 180 Å². The van der Waals surface area contributed by atoms with Gasteiger partial charge in [-0.25, -0.2) is 0 Å². The van der Waals surface area contributed by atoms with Gasteiger partial charge in [0.25, 0.3) is 0 Å². The number of carbonyl (C=O) groups is 1. The van der Waals surface area contributed by atoms with Gasteiger partial charge in [-0.2, -0.15) is 5.26 Å². The van der Waals surface area contributed by atoms with E-state index in [2.05, 4.69) is 49.1 Å². The first kappa shape index (κ1) is 20.1. The molecule has 4 heteroatoms. The summed E-state index contributed by atoms with van der Waals surface area (Å²) < 4.78 is 0. The van der Waals surface area contributed by atoms with E-state index in [4.69, 9.17) is 0 Å². The maximum Gasteiger partial charge on any atom is 0.223 e. The summed E-state index contributed by atoms with van der Waals surface area (Å²) in [5, 5.41) is 20.8. The van der Waals surface area contributed by atoms with Gasteiger partial charge in [0, 0.05) is 24.4 Å². The Hall–Kier alpha value is -1.86. The van der Waals surface area contributed by atoms with Gasteiger partial charge in [0.2, 0.25) is 5.91 Å². The van der Waals surface area contributed by atoms with Gasteiger partial charge in [0.1, 0.15) is 0 Å². The summed E-state index contributed by atoms with van der Waals surface area (Å²) in [5.41, 5.74) is -0.0913. The lowest BCUT2D eigenvalue weighted by molar-refractivity contribution is -0.167. The van der Waals surface area contributed by atoms with Crippen LogP contribution in [-0.4, -0.2) is 27.6 Å². The number of likely N-dealkylation sites (tertiary alicyclic amines) is 1. The Morgan fingerprint density at radius 2 is 1.80 bits per heavy atom. The van der Waals surface area contributed by atoms with E-state index in [1.165, 1.54) is 5.56 Å². The van der Waals surface area contributed by atoms with Gasteiger partial charge < -0.3 is 10.0 Å². The molecule has 30 heavy (non-hydrogen) atoms. The summed E-state index contributed by atoms with van der Waals surface area (Å²) in [6.45, 7) is 5.32. The van der Waals surface area contributed by atoms with Crippen LogP contribution in [0.4, 0.5) is 0 Å². The predicted octanol–water partition coefficient (Wildman–Crippen LogP) is 4.67. The quantitative estimate of drug-likeness (QED) is 0.726. The van der Waals surface area contributed by atoms with Crippen LogP contribution in [0.3, 0.4) is 0 Å². The number of nitrogens with zero attached hydrogens (tertiary/aromatic N) is 2. The van der Waals surface area contributed by atoms with E-state index >= 15 is 0 Å². The molecule has 7 atom stereocenters. The number of benzene rings is 1. The molecule has 0 spiro atoms. The normalized spacial score (nSPS) is 45.3. The number of hydrogen-bond donors (Lipinski definition) is 1. The number of nitriles is 1. The summed E-state index contributed by atoms with van der Waals surface area (Å²) in [5.74, 6) is 1.89. The number of aliphatic hydroxyl groups is 1. The highest BCUT2D eigenvalue weighted by molar-refractivity contribution is 5.77. The Morgan fingerprint density at radius 1 is 1.07 bits per heavy atom. The smallest absolute Gasteiger partial charge is 0.223 e. The van der Waals surface area contributed by atoms with E-state index in [1.54, 1.807) is 0 Å². The summed E-state index contributed by atoms with van der Waals surface area (Å²) in [7, 11) is 0. The van der Waals surface area contributed by atoms with Crippen molar-refractivity contribution in [2.45, 2.75) is 83.4 Å². The van der Waals surface area contributed by atoms with Gasteiger partial charge in [0.05, 0.1) is 6.07 Å². The van der Waals surface area contributed by atoms with Gasteiger partial charge in [-0.15, -0.1) is 0 Å². The van der Waals surface area contributed by atoms with Crippen LogP contribution in [-0.2, 0) is 11.3 Å². The minimum Gasteiger partial charge on any atom is -0.375 e. The van der Waals surface area contributed by atoms with Crippen LogP contribution in [0, 0.1) is 39.9 Å². The molecule has 4 nitrogen and oxygen atoms in total. The summed E-state index contributed by atoms with van der Waals surface area (Å²) >= 11 is 0. The average molecular weight is 407 g/mol. The van der Waals surface area contributed by atoms with Crippen LogP contribution in [0.2, 0.25) is 0 Å². The van der Waals surface area contributed by atoms with Crippen LogP contribution >= 0.6 is 0 Å². The van der Waals surface area contributed by atoms with Gasteiger partial charge >= 0.3 is 0 Å². The molecule has 3 saturated carbocycles. The van der Waals surface area contributed by atoms with E-state index in [0.29, 0.717) is 49.1 Å².